The van der Waals surface area contributed by atoms with Gasteiger partial charge in [-0.2, -0.15) is 0 Å². The fraction of sp³-hybridized carbons (Fsp3) is 0.480. The lowest BCUT2D eigenvalue weighted by atomic mass is 10.0. The molecule has 31 heavy (non-hydrogen) atoms. The lowest BCUT2D eigenvalue weighted by Crippen LogP contribution is -2.38. The monoisotopic (exact) mass is 426 g/mol. The summed E-state index contributed by atoms with van der Waals surface area (Å²) < 4.78 is 17.0. The van der Waals surface area contributed by atoms with E-state index in [0.717, 1.165) is 55.5 Å². The summed E-state index contributed by atoms with van der Waals surface area (Å²) in [5.74, 6) is 1.85. The zero-order valence-electron chi connectivity index (χ0n) is 18.9. The molecule has 1 fully saturated rings. The van der Waals surface area contributed by atoms with Crippen LogP contribution in [0.25, 0.3) is 0 Å². The smallest absolute Gasteiger partial charge is 0.258 e. The van der Waals surface area contributed by atoms with E-state index < -0.39 is 0 Å². The summed E-state index contributed by atoms with van der Waals surface area (Å²) in [6, 6.07) is 14.0. The van der Waals surface area contributed by atoms with Crippen molar-refractivity contribution in [2.75, 3.05) is 46.1 Å². The van der Waals surface area contributed by atoms with Crippen LogP contribution >= 0.6 is 0 Å². The summed E-state index contributed by atoms with van der Waals surface area (Å²) in [5, 5.41) is 2.92. The Morgan fingerprint density at radius 2 is 1.94 bits per heavy atom. The Balaban J connectivity index is 1.41. The number of morpholine rings is 1. The van der Waals surface area contributed by atoms with E-state index in [4.69, 9.17) is 14.2 Å². The maximum atomic E-state index is 12.3. The van der Waals surface area contributed by atoms with Gasteiger partial charge in [-0.25, -0.2) is 0 Å². The number of nitrogens with zero attached hydrogens (tertiary/aromatic N) is 1. The van der Waals surface area contributed by atoms with Gasteiger partial charge >= 0.3 is 0 Å². The van der Waals surface area contributed by atoms with Crippen LogP contribution < -0.4 is 14.8 Å². The molecule has 1 N–H and O–H groups in total. The van der Waals surface area contributed by atoms with Crippen molar-refractivity contribution in [2.45, 2.75) is 33.2 Å². The molecule has 2 aromatic carbocycles. The standard InChI is InChI=1S/C25H34N2O4/c1-19(2)22-8-7-20(3)24(16-22)31-18-25(28)26-17-21-5-4-6-23(15-21)30-14-11-27-9-12-29-13-10-27/h4-8,15-16,19H,9-14,17-18H2,1-3H3,(H,26,28). The van der Waals surface area contributed by atoms with E-state index in [0.29, 0.717) is 19.1 Å². The molecular formula is C25H34N2O4. The molecule has 6 nitrogen and oxygen atoms in total. The van der Waals surface area contributed by atoms with E-state index in [-0.39, 0.29) is 12.5 Å². The van der Waals surface area contributed by atoms with Crippen molar-refractivity contribution in [3.63, 3.8) is 0 Å². The average molecular weight is 427 g/mol. The minimum absolute atomic E-state index is 0.00186. The molecule has 0 aromatic heterocycles. The first-order chi connectivity index (χ1) is 15.0. The van der Waals surface area contributed by atoms with Crippen molar-refractivity contribution in [2.24, 2.45) is 0 Å². The maximum Gasteiger partial charge on any atom is 0.258 e. The van der Waals surface area contributed by atoms with Gasteiger partial charge in [-0.3, -0.25) is 9.69 Å². The van der Waals surface area contributed by atoms with Gasteiger partial charge in [0.2, 0.25) is 0 Å². The third-order valence-electron chi connectivity index (χ3n) is 5.41. The molecule has 1 aliphatic rings. The molecule has 0 atom stereocenters. The number of amides is 1. The molecule has 168 valence electrons. The molecule has 0 bridgehead atoms. The lowest BCUT2D eigenvalue weighted by Gasteiger charge is -2.26. The predicted octanol–water partition coefficient (Wildman–Crippen LogP) is 3.52. The van der Waals surface area contributed by atoms with Gasteiger partial charge in [-0.15, -0.1) is 0 Å². The number of carbonyl (C=O) groups excluding carboxylic acids is 1. The maximum absolute atomic E-state index is 12.3. The largest absolute Gasteiger partial charge is 0.492 e. The molecule has 1 saturated heterocycles. The second-order valence-corrected chi connectivity index (χ2v) is 8.19. The Morgan fingerprint density at radius 1 is 1.13 bits per heavy atom. The fourth-order valence-corrected chi connectivity index (χ4v) is 3.39. The number of carbonyl (C=O) groups is 1. The second kappa shape index (κ2) is 11.7. The predicted molar refractivity (Wildman–Crippen MR) is 122 cm³/mol. The minimum atomic E-state index is -0.145. The first kappa shape index (κ1) is 23.1. The Bertz CT molecular complexity index is 847. The third-order valence-corrected chi connectivity index (χ3v) is 5.41. The van der Waals surface area contributed by atoms with Gasteiger partial charge in [0.1, 0.15) is 18.1 Å². The van der Waals surface area contributed by atoms with Crippen molar-refractivity contribution in [1.82, 2.24) is 10.2 Å². The summed E-state index contributed by atoms with van der Waals surface area (Å²) in [6.45, 7) is 11.7. The van der Waals surface area contributed by atoms with Crippen molar-refractivity contribution in [3.8, 4) is 11.5 Å². The second-order valence-electron chi connectivity index (χ2n) is 8.19. The van der Waals surface area contributed by atoms with Crippen molar-refractivity contribution >= 4 is 5.91 Å². The molecule has 3 rings (SSSR count). The first-order valence-electron chi connectivity index (χ1n) is 11.0. The van der Waals surface area contributed by atoms with Crippen molar-refractivity contribution in [1.29, 1.82) is 0 Å². The minimum Gasteiger partial charge on any atom is -0.492 e. The zero-order valence-corrected chi connectivity index (χ0v) is 18.9. The van der Waals surface area contributed by atoms with Crippen LogP contribution in [-0.2, 0) is 16.1 Å². The fourth-order valence-electron chi connectivity index (χ4n) is 3.39. The molecule has 0 aliphatic carbocycles. The van der Waals surface area contributed by atoms with E-state index in [1.54, 1.807) is 0 Å². The number of ether oxygens (including phenoxy) is 3. The highest BCUT2D eigenvalue weighted by Crippen LogP contribution is 2.24. The van der Waals surface area contributed by atoms with E-state index >= 15 is 0 Å². The van der Waals surface area contributed by atoms with Crippen molar-refractivity contribution in [3.05, 3.63) is 59.2 Å². The van der Waals surface area contributed by atoms with Gasteiger partial charge < -0.3 is 19.5 Å². The van der Waals surface area contributed by atoms with Gasteiger partial charge in [0.15, 0.2) is 6.61 Å². The quantitative estimate of drug-likeness (QED) is 0.630. The van der Waals surface area contributed by atoms with E-state index in [9.17, 15) is 4.79 Å². The van der Waals surface area contributed by atoms with Crippen LogP contribution in [0.3, 0.4) is 0 Å². The number of nitrogens with one attached hydrogen (secondary N) is 1. The number of hydrogen-bond acceptors (Lipinski definition) is 5. The van der Waals surface area contributed by atoms with Crippen LogP contribution in [0.1, 0.15) is 36.5 Å². The van der Waals surface area contributed by atoms with Gasteiger partial charge in [0.25, 0.3) is 5.91 Å². The van der Waals surface area contributed by atoms with Crippen LogP contribution in [0.4, 0.5) is 0 Å². The summed E-state index contributed by atoms with van der Waals surface area (Å²) in [4.78, 5) is 14.6. The summed E-state index contributed by atoms with van der Waals surface area (Å²) in [5.41, 5.74) is 3.22. The number of benzene rings is 2. The number of aryl methyl sites for hydroxylation is 1. The van der Waals surface area contributed by atoms with Crippen LogP contribution in [-0.4, -0.2) is 56.9 Å². The summed E-state index contributed by atoms with van der Waals surface area (Å²) >= 11 is 0. The molecule has 2 aromatic rings. The highest BCUT2D eigenvalue weighted by Gasteiger charge is 2.10. The summed E-state index contributed by atoms with van der Waals surface area (Å²) in [7, 11) is 0. The lowest BCUT2D eigenvalue weighted by molar-refractivity contribution is -0.123. The first-order valence-corrected chi connectivity index (χ1v) is 11.0. The van der Waals surface area contributed by atoms with E-state index in [1.807, 2.05) is 43.3 Å². The third kappa shape index (κ3) is 7.56. The van der Waals surface area contributed by atoms with Crippen LogP contribution in [0.2, 0.25) is 0 Å². The molecule has 0 spiro atoms. The van der Waals surface area contributed by atoms with Crippen LogP contribution in [0, 0.1) is 6.92 Å². The molecule has 0 saturated carbocycles. The van der Waals surface area contributed by atoms with Crippen molar-refractivity contribution < 1.29 is 19.0 Å². The Labute approximate surface area is 185 Å². The van der Waals surface area contributed by atoms with Crippen LogP contribution in [0.15, 0.2) is 42.5 Å². The topological polar surface area (TPSA) is 60.0 Å². The van der Waals surface area contributed by atoms with Gasteiger partial charge in [0, 0.05) is 26.2 Å². The molecule has 1 aliphatic heterocycles. The van der Waals surface area contributed by atoms with Gasteiger partial charge in [0.05, 0.1) is 13.2 Å². The Morgan fingerprint density at radius 3 is 2.71 bits per heavy atom. The molecule has 1 amide bonds. The number of hydrogen-bond donors (Lipinski definition) is 1. The zero-order chi connectivity index (χ0) is 22.1. The Hall–Kier alpha value is -2.57. The molecular weight excluding hydrogens is 392 g/mol. The highest BCUT2D eigenvalue weighted by molar-refractivity contribution is 5.77. The molecule has 6 heteroatoms. The van der Waals surface area contributed by atoms with Gasteiger partial charge in [-0.05, 0) is 47.7 Å². The molecule has 1 heterocycles. The normalized spacial score (nSPS) is 14.5. The molecule has 0 unspecified atom stereocenters. The summed E-state index contributed by atoms with van der Waals surface area (Å²) in [6.07, 6.45) is 0. The average Bonchev–Trinajstić information content (AvgIpc) is 2.78. The van der Waals surface area contributed by atoms with Gasteiger partial charge in [-0.1, -0.05) is 38.1 Å². The highest BCUT2D eigenvalue weighted by atomic mass is 16.5. The number of rotatable bonds is 10. The molecule has 0 radical (unpaired) electrons. The Kier molecular flexibility index (Phi) is 8.74. The SMILES string of the molecule is Cc1ccc(C(C)C)cc1OCC(=O)NCc1cccc(OCCN2CCOCC2)c1. The van der Waals surface area contributed by atoms with Crippen LogP contribution in [0.5, 0.6) is 11.5 Å². The van der Waals surface area contributed by atoms with E-state index in [1.165, 1.54) is 5.56 Å². The van der Waals surface area contributed by atoms with E-state index in [2.05, 4.69) is 30.1 Å².